The number of carbonyl (C=O) groups excluding carboxylic acids is 1. The second kappa shape index (κ2) is 10.6. The number of ether oxygens (including phenoxy) is 2. The first-order valence-electron chi connectivity index (χ1n) is 9.33. The van der Waals surface area contributed by atoms with Crippen LogP contribution < -0.4 is 14.3 Å². The standard InChI is InChI=1S/C22H18BrClN2O5S/c1-2-30-19-8-3-15(4-9-19)22(27)31-21-12-5-17(23)13-16(21)14-25-26-32(28,29)20-10-6-18(24)7-11-20/h3-14,26H,2H2,1H3/b25-14-. The fourth-order valence-corrected chi connectivity index (χ4v) is 3.85. The molecule has 0 bridgehead atoms. The molecule has 0 spiro atoms. The molecule has 0 radical (unpaired) electrons. The van der Waals surface area contributed by atoms with Crippen LogP contribution in [-0.4, -0.2) is 27.2 Å². The van der Waals surface area contributed by atoms with Gasteiger partial charge in [0.25, 0.3) is 10.0 Å². The summed E-state index contributed by atoms with van der Waals surface area (Å²) in [5, 5.41) is 4.22. The molecule has 0 aliphatic rings. The largest absolute Gasteiger partial charge is 0.494 e. The Labute approximate surface area is 199 Å². The molecule has 32 heavy (non-hydrogen) atoms. The van der Waals surface area contributed by atoms with Crippen molar-refractivity contribution in [1.82, 2.24) is 4.83 Å². The molecule has 0 fully saturated rings. The molecule has 3 rings (SSSR count). The van der Waals surface area contributed by atoms with E-state index in [1.54, 1.807) is 42.5 Å². The van der Waals surface area contributed by atoms with Crippen LogP contribution in [0.3, 0.4) is 0 Å². The van der Waals surface area contributed by atoms with Gasteiger partial charge >= 0.3 is 5.97 Å². The molecule has 10 heteroatoms. The number of benzene rings is 3. The molecular weight excluding hydrogens is 520 g/mol. The maximum Gasteiger partial charge on any atom is 0.343 e. The van der Waals surface area contributed by atoms with Gasteiger partial charge in [0.15, 0.2) is 0 Å². The van der Waals surface area contributed by atoms with Gasteiger partial charge in [0.1, 0.15) is 11.5 Å². The van der Waals surface area contributed by atoms with E-state index in [9.17, 15) is 13.2 Å². The number of hydrogen-bond donors (Lipinski definition) is 1. The Kier molecular flexibility index (Phi) is 7.89. The van der Waals surface area contributed by atoms with Gasteiger partial charge < -0.3 is 9.47 Å². The lowest BCUT2D eigenvalue weighted by Gasteiger charge is -2.09. The van der Waals surface area contributed by atoms with Crippen molar-refractivity contribution in [3.8, 4) is 11.5 Å². The van der Waals surface area contributed by atoms with E-state index in [1.165, 1.54) is 30.5 Å². The van der Waals surface area contributed by atoms with Gasteiger partial charge in [0.05, 0.1) is 23.3 Å². The molecule has 3 aromatic carbocycles. The average Bonchev–Trinajstić information content (AvgIpc) is 2.76. The quantitative estimate of drug-likeness (QED) is 0.188. The van der Waals surface area contributed by atoms with Crippen molar-refractivity contribution < 1.29 is 22.7 Å². The second-order valence-electron chi connectivity index (χ2n) is 6.34. The summed E-state index contributed by atoms with van der Waals surface area (Å²) in [6.45, 7) is 2.39. The number of esters is 1. The second-order valence-corrected chi connectivity index (χ2v) is 9.35. The van der Waals surface area contributed by atoms with E-state index >= 15 is 0 Å². The number of nitrogens with zero attached hydrogens (tertiary/aromatic N) is 1. The zero-order valence-corrected chi connectivity index (χ0v) is 19.9. The van der Waals surface area contributed by atoms with Crippen LogP contribution in [0.2, 0.25) is 5.02 Å². The lowest BCUT2D eigenvalue weighted by atomic mass is 10.2. The van der Waals surface area contributed by atoms with E-state index < -0.39 is 16.0 Å². The third-order valence-electron chi connectivity index (χ3n) is 4.08. The fourth-order valence-electron chi connectivity index (χ4n) is 2.56. The van der Waals surface area contributed by atoms with Gasteiger partial charge in [-0.15, -0.1) is 0 Å². The molecule has 0 aliphatic carbocycles. The van der Waals surface area contributed by atoms with Crippen LogP contribution in [0.4, 0.5) is 0 Å². The van der Waals surface area contributed by atoms with Crippen molar-refractivity contribution in [2.45, 2.75) is 11.8 Å². The van der Waals surface area contributed by atoms with E-state index in [1.807, 2.05) is 6.92 Å². The molecule has 1 N–H and O–H groups in total. The normalized spacial score (nSPS) is 11.3. The molecule has 0 atom stereocenters. The Bertz CT molecular complexity index is 1230. The predicted octanol–water partition coefficient (Wildman–Crippen LogP) is 5.03. The van der Waals surface area contributed by atoms with Crippen LogP contribution in [0.5, 0.6) is 11.5 Å². The highest BCUT2D eigenvalue weighted by Gasteiger charge is 2.14. The van der Waals surface area contributed by atoms with Crippen LogP contribution in [0.15, 0.2) is 81.2 Å². The topological polar surface area (TPSA) is 94.1 Å². The SMILES string of the molecule is CCOc1ccc(C(=O)Oc2ccc(Br)cc2/C=N\NS(=O)(=O)c2ccc(Cl)cc2)cc1. The molecule has 0 unspecified atom stereocenters. The lowest BCUT2D eigenvalue weighted by molar-refractivity contribution is 0.0734. The summed E-state index contributed by atoms with van der Waals surface area (Å²) in [5.74, 6) is 0.279. The molecule has 0 heterocycles. The summed E-state index contributed by atoms with van der Waals surface area (Å²) in [7, 11) is -3.88. The number of hydrazone groups is 1. The van der Waals surface area contributed by atoms with Crippen LogP contribution in [0.25, 0.3) is 0 Å². The molecule has 7 nitrogen and oxygen atoms in total. The monoisotopic (exact) mass is 536 g/mol. The van der Waals surface area contributed by atoms with Crippen LogP contribution in [-0.2, 0) is 10.0 Å². The summed E-state index contributed by atoms with van der Waals surface area (Å²) in [5.41, 5.74) is 0.722. The van der Waals surface area contributed by atoms with Gasteiger partial charge in [-0.2, -0.15) is 13.5 Å². The number of sulfonamides is 1. The van der Waals surface area contributed by atoms with Crippen molar-refractivity contribution in [3.63, 3.8) is 0 Å². The van der Waals surface area contributed by atoms with Gasteiger partial charge in [0.2, 0.25) is 0 Å². The first-order valence-corrected chi connectivity index (χ1v) is 12.0. The molecule has 0 aromatic heterocycles. The zero-order valence-electron chi connectivity index (χ0n) is 16.8. The van der Waals surface area contributed by atoms with Crippen molar-refractivity contribution >= 4 is 49.7 Å². The number of halogens is 2. The molecule has 0 saturated heterocycles. The van der Waals surface area contributed by atoms with Gasteiger partial charge in [-0.05, 0) is 73.7 Å². The van der Waals surface area contributed by atoms with E-state index in [2.05, 4.69) is 25.9 Å². The highest BCUT2D eigenvalue weighted by molar-refractivity contribution is 9.10. The van der Waals surface area contributed by atoms with Gasteiger partial charge in [-0.1, -0.05) is 27.5 Å². The Morgan fingerprint density at radius 2 is 1.78 bits per heavy atom. The van der Waals surface area contributed by atoms with Crippen molar-refractivity contribution in [2.24, 2.45) is 5.10 Å². The van der Waals surface area contributed by atoms with Crippen molar-refractivity contribution in [1.29, 1.82) is 0 Å². The molecule has 0 saturated carbocycles. The van der Waals surface area contributed by atoms with Crippen LogP contribution in [0, 0.1) is 0 Å². The Morgan fingerprint density at radius 1 is 1.09 bits per heavy atom. The minimum Gasteiger partial charge on any atom is -0.494 e. The number of nitrogens with one attached hydrogen (secondary N) is 1. The highest BCUT2D eigenvalue weighted by Crippen LogP contribution is 2.23. The summed E-state index contributed by atoms with van der Waals surface area (Å²) < 4.78 is 36.2. The van der Waals surface area contributed by atoms with E-state index in [0.717, 1.165) is 0 Å². The van der Waals surface area contributed by atoms with Gasteiger partial charge in [0, 0.05) is 15.1 Å². The van der Waals surface area contributed by atoms with Gasteiger partial charge in [-0.25, -0.2) is 9.63 Å². The van der Waals surface area contributed by atoms with E-state index in [-0.39, 0.29) is 10.6 Å². The first kappa shape index (κ1) is 23.8. The van der Waals surface area contributed by atoms with Crippen LogP contribution >= 0.6 is 27.5 Å². The number of hydrogen-bond acceptors (Lipinski definition) is 6. The molecule has 166 valence electrons. The summed E-state index contributed by atoms with van der Waals surface area (Å²) >= 11 is 9.13. The predicted molar refractivity (Wildman–Crippen MR) is 126 cm³/mol. The minimum absolute atomic E-state index is 0.00967. The minimum atomic E-state index is -3.88. The van der Waals surface area contributed by atoms with Crippen LogP contribution in [0.1, 0.15) is 22.8 Å². The Morgan fingerprint density at radius 3 is 2.44 bits per heavy atom. The zero-order chi connectivity index (χ0) is 23.1. The number of rotatable bonds is 8. The maximum absolute atomic E-state index is 12.5. The summed E-state index contributed by atoms with van der Waals surface area (Å²) in [4.78, 5) is 14.7. The third-order valence-corrected chi connectivity index (χ3v) is 6.06. The Balaban J connectivity index is 1.75. The summed E-state index contributed by atoms with van der Waals surface area (Å²) in [6.07, 6.45) is 1.25. The number of carbonyl (C=O) groups is 1. The average molecular weight is 538 g/mol. The maximum atomic E-state index is 12.5. The fraction of sp³-hybridized carbons (Fsp3) is 0.0909. The van der Waals surface area contributed by atoms with Gasteiger partial charge in [-0.3, -0.25) is 0 Å². The molecule has 0 aliphatic heterocycles. The lowest BCUT2D eigenvalue weighted by Crippen LogP contribution is -2.18. The highest BCUT2D eigenvalue weighted by atomic mass is 79.9. The summed E-state index contributed by atoms with van der Waals surface area (Å²) in [6, 6.07) is 17.1. The van der Waals surface area contributed by atoms with Crippen molar-refractivity contribution in [3.05, 3.63) is 87.4 Å². The van der Waals surface area contributed by atoms with E-state index in [4.69, 9.17) is 21.1 Å². The molecule has 0 amide bonds. The molecule has 3 aromatic rings. The smallest absolute Gasteiger partial charge is 0.343 e. The van der Waals surface area contributed by atoms with Crippen molar-refractivity contribution in [2.75, 3.05) is 6.61 Å². The Hall–Kier alpha value is -2.88. The first-order chi connectivity index (χ1) is 15.3. The molecular formula is C22H18BrClN2O5S. The third kappa shape index (κ3) is 6.32. The van der Waals surface area contributed by atoms with E-state index in [0.29, 0.717) is 33.0 Å².